The summed E-state index contributed by atoms with van der Waals surface area (Å²) in [5.74, 6) is -3.76. The zero-order valence-corrected chi connectivity index (χ0v) is 37.4. The van der Waals surface area contributed by atoms with Crippen LogP contribution in [0.15, 0.2) is 127 Å². The van der Waals surface area contributed by atoms with Crippen LogP contribution in [0.3, 0.4) is 0 Å². The highest BCUT2D eigenvalue weighted by atomic mass is 16.3. The first-order valence-corrected chi connectivity index (χ1v) is 21.1. The number of hydrogen-bond donors (Lipinski definition) is 1. The van der Waals surface area contributed by atoms with Crippen LogP contribution >= 0.6 is 0 Å². The molecule has 0 unspecified atom stereocenters. The maximum Gasteiger partial charge on any atom is 0.149 e. The standard InChI is InChI=1S/C62H69N3O/c1-37(2)44-28-45(38(3)4)30-46(29-44)42-23-24-55(40(6)27-42)65-56-18-16-17-51(57(56)64-59(65)52-35-50(61(10,11)12)36-53(58(52)66)62(13,14)15)47-31-48(33-49(32-47)60(7,8)9)54-34-43(25-26-63-54)41-21-19-39(5)20-22-41/h16-38,66H,1-15H3/i5D3,6D3,10D3,11D3,12D3,13D3,14D3,15D3,19D,20D,21D,22D,25D,26D,34D,37D. The van der Waals surface area contributed by atoms with Gasteiger partial charge in [0.1, 0.15) is 11.6 Å². The Labute approximate surface area is 439 Å². The van der Waals surface area contributed by atoms with Crippen molar-refractivity contribution in [3.05, 3.63) is 166 Å². The van der Waals surface area contributed by atoms with Crippen molar-refractivity contribution in [2.75, 3.05) is 0 Å². The van der Waals surface area contributed by atoms with E-state index in [1.807, 2.05) is 19.9 Å². The molecule has 4 heteroatoms. The molecule has 2 heterocycles. The number of phenolic OH excluding ortho intramolecular Hbond substituents is 1. The Morgan fingerprint density at radius 1 is 0.636 bits per heavy atom. The molecule has 0 atom stereocenters. The van der Waals surface area contributed by atoms with Crippen LogP contribution in [0.25, 0.3) is 72.7 Å². The molecule has 1 N–H and O–H groups in total. The van der Waals surface area contributed by atoms with Gasteiger partial charge < -0.3 is 5.11 Å². The molecule has 0 aliphatic carbocycles. The van der Waals surface area contributed by atoms with Crippen LogP contribution in [0, 0.1) is 13.7 Å². The van der Waals surface area contributed by atoms with E-state index >= 15 is 0 Å². The number of imidazole rings is 1. The Morgan fingerprint density at radius 3 is 2.05 bits per heavy atom. The van der Waals surface area contributed by atoms with Crippen molar-refractivity contribution in [2.45, 2.75) is 131 Å². The number of aryl methyl sites for hydroxylation is 1. The zero-order valence-electron chi connectivity index (χ0n) is 69.4. The predicted octanol–water partition coefficient (Wildman–Crippen LogP) is 17.2. The largest absolute Gasteiger partial charge is 0.507 e. The van der Waals surface area contributed by atoms with Crippen LogP contribution in [-0.4, -0.2) is 19.6 Å². The molecule has 8 rings (SSSR count). The second-order valence-corrected chi connectivity index (χ2v) is 18.1. The first-order valence-electron chi connectivity index (χ1n) is 37.1. The van der Waals surface area contributed by atoms with Crippen LogP contribution in [0.5, 0.6) is 5.75 Å². The van der Waals surface area contributed by atoms with Crippen molar-refractivity contribution in [2.24, 2.45) is 0 Å². The van der Waals surface area contributed by atoms with Gasteiger partial charge in [-0.15, -0.1) is 0 Å². The highest BCUT2D eigenvalue weighted by molar-refractivity contribution is 5.97. The lowest BCUT2D eigenvalue weighted by molar-refractivity contribution is 0.446. The van der Waals surface area contributed by atoms with E-state index in [4.69, 9.17) is 43.4 Å². The molecule has 2 aromatic heterocycles. The number of fused-ring (bicyclic) bond motifs is 1. The van der Waals surface area contributed by atoms with E-state index in [2.05, 4.69) is 4.98 Å². The predicted molar refractivity (Wildman–Crippen MR) is 281 cm³/mol. The number of aromatic nitrogens is 3. The van der Waals surface area contributed by atoms with E-state index in [1.54, 1.807) is 58.9 Å². The third-order valence-electron chi connectivity index (χ3n) is 11.5. The summed E-state index contributed by atoms with van der Waals surface area (Å²) < 4.78 is 283. The van der Waals surface area contributed by atoms with Gasteiger partial charge in [-0.1, -0.05) is 168 Å². The fraction of sp³-hybridized carbons (Fsp3) is 0.323. The third-order valence-corrected chi connectivity index (χ3v) is 11.5. The quantitative estimate of drug-likeness (QED) is 0.165. The summed E-state index contributed by atoms with van der Waals surface area (Å²) in [6, 6.07) is 13.4. The van der Waals surface area contributed by atoms with E-state index in [0.29, 0.717) is 22.8 Å². The minimum Gasteiger partial charge on any atom is -0.507 e. The van der Waals surface area contributed by atoms with Crippen molar-refractivity contribution in [1.29, 1.82) is 0 Å². The monoisotopic (exact) mass is 904 g/mol. The molecule has 0 amide bonds. The summed E-state index contributed by atoms with van der Waals surface area (Å²) in [5, 5.41) is 13.1. The lowest BCUT2D eigenvalue weighted by Crippen LogP contribution is -2.17. The van der Waals surface area contributed by atoms with E-state index in [-0.39, 0.29) is 56.7 Å². The summed E-state index contributed by atoms with van der Waals surface area (Å²) in [6.45, 7) is -19.6. The fourth-order valence-corrected chi connectivity index (χ4v) is 7.78. The van der Waals surface area contributed by atoms with Crippen molar-refractivity contribution < 1.29 is 49.0 Å². The number of benzene rings is 6. The molecular weight excluding hydrogens is 803 g/mol. The first-order chi connectivity index (χ1) is 44.1. The molecule has 338 valence electrons. The maximum atomic E-state index is 13.1. The van der Waals surface area contributed by atoms with E-state index in [9.17, 15) is 10.6 Å². The molecule has 8 aromatic rings. The van der Waals surface area contributed by atoms with Gasteiger partial charge in [0.15, 0.2) is 0 Å². The molecule has 0 aliphatic heterocycles. The molecule has 6 aromatic carbocycles. The van der Waals surface area contributed by atoms with Crippen LogP contribution in [0.1, 0.15) is 184 Å². The summed E-state index contributed by atoms with van der Waals surface area (Å²) in [7, 11) is 0. The summed E-state index contributed by atoms with van der Waals surface area (Å²) in [5.41, 5.74) is -15.2. The van der Waals surface area contributed by atoms with Gasteiger partial charge in [-0.25, -0.2) is 4.98 Å². The zero-order chi connectivity index (χ0) is 74.6. The molecule has 0 aliphatic rings. The Balaban J connectivity index is 1.64. The second kappa shape index (κ2) is 17.2. The number of rotatable bonds is 8. The summed E-state index contributed by atoms with van der Waals surface area (Å²) in [4.78, 5) is 9.27. The lowest BCUT2D eigenvalue weighted by atomic mass is 9.79. The molecule has 0 radical (unpaired) electrons. The van der Waals surface area contributed by atoms with Gasteiger partial charge in [0.05, 0.1) is 37.6 Å². The molecule has 0 saturated carbocycles. The molecule has 0 saturated heterocycles. The van der Waals surface area contributed by atoms with Gasteiger partial charge in [0.25, 0.3) is 0 Å². The van der Waals surface area contributed by atoms with Gasteiger partial charge in [0, 0.05) is 57.1 Å². The number of nitrogens with zero attached hydrogens (tertiary/aromatic N) is 3. The number of pyridine rings is 1. The summed E-state index contributed by atoms with van der Waals surface area (Å²) >= 11 is 0. The molecule has 0 fully saturated rings. The van der Waals surface area contributed by atoms with Crippen LogP contribution < -0.4 is 0 Å². The van der Waals surface area contributed by atoms with Crippen molar-refractivity contribution in [1.82, 2.24) is 14.5 Å². The average molecular weight is 904 g/mol. The number of para-hydroxylation sites is 1. The molecule has 0 bridgehead atoms. The maximum absolute atomic E-state index is 13.1. The van der Waals surface area contributed by atoms with E-state index < -0.39 is 170 Å². The lowest BCUT2D eigenvalue weighted by Gasteiger charge is -2.27. The molecule has 66 heavy (non-hydrogen) atoms. The highest BCUT2D eigenvalue weighted by Gasteiger charge is 2.29. The fourth-order valence-electron chi connectivity index (χ4n) is 7.78. The van der Waals surface area contributed by atoms with Gasteiger partial charge in [-0.2, -0.15) is 0 Å². The van der Waals surface area contributed by atoms with E-state index in [1.165, 1.54) is 42.5 Å². The van der Waals surface area contributed by atoms with Crippen LogP contribution in [0.4, 0.5) is 0 Å². The second-order valence-electron chi connectivity index (χ2n) is 18.1. The number of hydrogen-bond acceptors (Lipinski definition) is 3. The van der Waals surface area contributed by atoms with E-state index in [0.717, 1.165) is 10.1 Å². The van der Waals surface area contributed by atoms with Gasteiger partial charge >= 0.3 is 0 Å². The Bertz CT molecular complexity index is 4380. The third kappa shape index (κ3) is 9.12. The van der Waals surface area contributed by atoms with Crippen molar-refractivity contribution in [3.8, 4) is 67.5 Å². The normalized spacial score (nSPS) is 21.3. The minimum absolute atomic E-state index is 0.0161. The molecule has 4 nitrogen and oxygen atoms in total. The van der Waals surface area contributed by atoms with Gasteiger partial charge in [0.2, 0.25) is 0 Å². The smallest absolute Gasteiger partial charge is 0.149 e. The topological polar surface area (TPSA) is 50.9 Å². The van der Waals surface area contributed by atoms with Gasteiger partial charge in [-0.05, 0) is 146 Å². The first kappa shape index (κ1) is 21.1. The van der Waals surface area contributed by atoms with Crippen molar-refractivity contribution >= 4 is 11.0 Å². The Kier molecular flexibility index (Phi) is 5.51. The number of phenols is 1. The van der Waals surface area contributed by atoms with Crippen LogP contribution in [-0.2, 0) is 16.2 Å². The Morgan fingerprint density at radius 2 is 1.36 bits per heavy atom. The Hall–Kier alpha value is -6.26. The van der Waals surface area contributed by atoms with Crippen LogP contribution in [0.2, 0.25) is 0 Å². The average Bonchev–Trinajstić information content (AvgIpc) is 0.862. The molecule has 0 spiro atoms. The number of aromatic hydroxyl groups is 1. The SMILES string of the molecule is [2H]c1nc(-c2cc(-c3cccc4c3nc(-c3cc(C(C([2H])([2H])[2H])(C([2H])([2H])[2H])C([2H])([2H])[2H])cc(C(C([2H])([2H])[2H])(C([2H])([2H])[2H])C([2H])([2H])[2H])c3O)n4-c3ccc(-c4cc(C(C)C)cc(C([2H])(C)C)c4)cc3C([2H])([2H])[2H])cc(C(C)(C)C)c2)c([2H])c(-c2c([2H])c([2H])c(C([2H])([2H])[2H])c([2H])c2[2H])c1[2H]. The molecular formula is C62H69N3O. The highest BCUT2D eigenvalue weighted by Crippen LogP contribution is 2.45. The minimum atomic E-state index is -4.36. The van der Waals surface area contributed by atoms with Crippen molar-refractivity contribution in [3.63, 3.8) is 0 Å². The summed E-state index contributed by atoms with van der Waals surface area (Å²) in [6.07, 6.45) is -0.833. The van der Waals surface area contributed by atoms with Gasteiger partial charge in [-0.3, -0.25) is 9.55 Å².